The van der Waals surface area contributed by atoms with E-state index in [-0.39, 0.29) is 23.2 Å². The summed E-state index contributed by atoms with van der Waals surface area (Å²) >= 11 is 5.80. The molecule has 0 spiro atoms. The molecule has 0 radical (unpaired) electrons. The third kappa shape index (κ3) is 3.05. The molecule has 0 unspecified atom stereocenters. The van der Waals surface area contributed by atoms with Crippen molar-refractivity contribution in [1.82, 2.24) is 0 Å². The van der Waals surface area contributed by atoms with Crippen molar-refractivity contribution in [1.29, 1.82) is 0 Å². The fourth-order valence-corrected chi connectivity index (χ4v) is 2.19. The van der Waals surface area contributed by atoms with Gasteiger partial charge in [-0.1, -0.05) is 24.1 Å². The van der Waals surface area contributed by atoms with Crippen LogP contribution < -0.4 is 5.73 Å². The van der Waals surface area contributed by atoms with Crippen molar-refractivity contribution in [3.63, 3.8) is 0 Å². The number of aromatic hydroxyl groups is 1. The smallest absolute Gasteiger partial charge is 0.134 e. The van der Waals surface area contributed by atoms with Crippen LogP contribution in [0.3, 0.4) is 0 Å². The zero-order valence-corrected chi connectivity index (χ0v) is 10.9. The molecule has 0 aliphatic heterocycles. The Morgan fingerprint density at radius 1 is 1.35 bits per heavy atom. The van der Waals surface area contributed by atoms with E-state index >= 15 is 0 Å². The van der Waals surface area contributed by atoms with Crippen molar-refractivity contribution in [3.8, 4) is 5.75 Å². The van der Waals surface area contributed by atoms with E-state index in [0.717, 1.165) is 18.4 Å². The van der Waals surface area contributed by atoms with Gasteiger partial charge >= 0.3 is 0 Å². The van der Waals surface area contributed by atoms with Gasteiger partial charge < -0.3 is 15.9 Å². The third-order valence-electron chi connectivity index (χ3n) is 3.36. The van der Waals surface area contributed by atoms with Gasteiger partial charge in [-0.05, 0) is 36.5 Å². The number of aliphatic hydroxyl groups excluding tert-OH is 1. The Morgan fingerprint density at radius 2 is 2.00 bits per heavy atom. The Hall–Kier alpha value is -0.480. The molecule has 1 aliphatic carbocycles. The lowest BCUT2D eigenvalue weighted by Crippen LogP contribution is -2.36. The van der Waals surface area contributed by atoms with Crippen LogP contribution in [-0.2, 0) is 0 Å². The molecular weight excluding hydrogens is 261 g/mol. The summed E-state index contributed by atoms with van der Waals surface area (Å²) in [6.07, 6.45) is 2.74. The van der Waals surface area contributed by atoms with Crippen molar-refractivity contribution < 1.29 is 10.2 Å². The average Bonchev–Trinajstić information content (AvgIpc) is 2.18. The highest BCUT2D eigenvalue weighted by molar-refractivity contribution is 6.32. The molecule has 0 bridgehead atoms. The van der Waals surface area contributed by atoms with Crippen molar-refractivity contribution in [2.45, 2.75) is 31.4 Å². The van der Waals surface area contributed by atoms with E-state index < -0.39 is 12.1 Å². The summed E-state index contributed by atoms with van der Waals surface area (Å²) in [6.45, 7) is 0. The van der Waals surface area contributed by atoms with E-state index in [9.17, 15) is 10.2 Å². The van der Waals surface area contributed by atoms with E-state index in [2.05, 4.69) is 0 Å². The van der Waals surface area contributed by atoms with E-state index in [1.165, 1.54) is 12.5 Å². The number of halogens is 2. The second-order valence-corrected chi connectivity index (χ2v) is 4.83. The first-order valence-electron chi connectivity index (χ1n) is 5.51. The zero-order chi connectivity index (χ0) is 11.7. The summed E-state index contributed by atoms with van der Waals surface area (Å²) < 4.78 is 0. The largest absolute Gasteiger partial charge is 0.506 e. The molecule has 0 saturated heterocycles. The molecule has 96 valence electrons. The minimum absolute atomic E-state index is 0. The first-order valence-corrected chi connectivity index (χ1v) is 5.89. The molecule has 1 aromatic carbocycles. The molecule has 0 heterocycles. The highest BCUT2D eigenvalue weighted by atomic mass is 35.5. The fourth-order valence-electron chi connectivity index (χ4n) is 2.00. The maximum Gasteiger partial charge on any atom is 0.134 e. The molecule has 17 heavy (non-hydrogen) atoms. The summed E-state index contributed by atoms with van der Waals surface area (Å²) in [7, 11) is 0. The van der Waals surface area contributed by atoms with E-state index in [0.29, 0.717) is 5.92 Å². The van der Waals surface area contributed by atoms with E-state index in [1.807, 2.05) is 0 Å². The predicted octanol–water partition coefficient (Wildman–Crippen LogP) is 2.63. The molecule has 2 rings (SSSR count). The number of hydrogen-bond donors (Lipinski definition) is 3. The predicted molar refractivity (Wildman–Crippen MR) is 70.6 cm³/mol. The molecular formula is C12H17Cl2NO2. The van der Waals surface area contributed by atoms with E-state index in [4.69, 9.17) is 17.3 Å². The second-order valence-electron chi connectivity index (χ2n) is 4.42. The normalized spacial score (nSPS) is 19.0. The van der Waals surface area contributed by atoms with Gasteiger partial charge in [0, 0.05) is 0 Å². The van der Waals surface area contributed by atoms with Gasteiger partial charge in [0.2, 0.25) is 0 Å². The molecule has 2 atom stereocenters. The standard InChI is InChI=1S/C12H16ClNO2.ClH/c13-9-6-8(4-5-10(9)15)11(14)12(16)7-2-1-3-7;/h4-7,11-12,15-16H,1-3,14H2;1H/t11-,12+;/m1./s1. The van der Waals surface area contributed by atoms with Crippen molar-refractivity contribution >= 4 is 24.0 Å². The number of phenols is 1. The average molecular weight is 278 g/mol. The van der Waals surface area contributed by atoms with Crippen LogP contribution in [0.25, 0.3) is 0 Å². The minimum Gasteiger partial charge on any atom is -0.506 e. The highest BCUT2D eigenvalue weighted by Crippen LogP contribution is 2.35. The van der Waals surface area contributed by atoms with Gasteiger partial charge in [-0.2, -0.15) is 0 Å². The van der Waals surface area contributed by atoms with Crippen LogP contribution in [0.2, 0.25) is 5.02 Å². The Labute approximate surface area is 112 Å². The lowest BCUT2D eigenvalue weighted by Gasteiger charge is -2.33. The maximum atomic E-state index is 10.0. The maximum absolute atomic E-state index is 10.0. The molecule has 0 aromatic heterocycles. The molecule has 1 aromatic rings. The lowest BCUT2D eigenvalue weighted by atomic mass is 9.77. The van der Waals surface area contributed by atoms with Crippen LogP contribution in [0.15, 0.2) is 18.2 Å². The Morgan fingerprint density at radius 3 is 2.47 bits per heavy atom. The van der Waals surface area contributed by atoms with Crippen molar-refractivity contribution in [3.05, 3.63) is 28.8 Å². The summed E-state index contributed by atoms with van der Waals surface area (Å²) in [5.74, 6) is 0.346. The summed E-state index contributed by atoms with van der Waals surface area (Å²) in [6, 6.07) is 4.39. The van der Waals surface area contributed by atoms with Crippen molar-refractivity contribution in [2.24, 2.45) is 11.7 Å². The summed E-state index contributed by atoms with van der Waals surface area (Å²) in [5.41, 5.74) is 6.74. The molecule has 1 aliphatic rings. The minimum atomic E-state index is -0.519. The molecule has 5 heteroatoms. The van der Waals surface area contributed by atoms with Gasteiger partial charge in [0.25, 0.3) is 0 Å². The van der Waals surface area contributed by atoms with Gasteiger partial charge in [0.15, 0.2) is 0 Å². The Balaban J connectivity index is 0.00000144. The number of hydrogen-bond acceptors (Lipinski definition) is 3. The van der Waals surface area contributed by atoms with Crippen molar-refractivity contribution in [2.75, 3.05) is 0 Å². The van der Waals surface area contributed by atoms with Crippen LogP contribution in [-0.4, -0.2) is 16.3 Å². The van der Waals surface area contributed by atoms with Gasteiger partial charge in [-0.3, -0.25) is 0 Å². The second kappa shape index (κ2) is 5.91. The highest BCUT2D eigenvalue weighted by Gasteiger charge is 2.30. The molecule has 0 amide bonds. The SMILES string of the molecule is Cl.N[C@H](c1ccc(O)c(Cl)c1)[C@@H](O)C1CCC1. The summed E-state index contributed by atoms with van der Waals surface area (Å²) in [4.78, 5) is 0. The molecule has 3 nitrogen and oxygen atoms in total. The monoisotopic (exact) mass is 277 g/mol. The third-order valence-corrected chi connectivity index (χ3v) is 3.66. The quantitative estimate of drug-likeness (QED) is 0.796. The van der Waals surface area contributed by atoms with E-state index in [1.54, 1.807) is 12.1 Å². The van der Waals surface area contributed by atoms with Crippen LogP contribution in [0.1, 0.15) is 30.9 Å². The Bertz CT molecular complexity index is 383. The summed E-state index contributed by atoms with van der Waals surface area (Å²) in [5, 5.41) is 19.6. The van der Waals surface area contributed by atoms with Crippen LogP contribution in [0, 0.1) is 5.92 Å². The van der Waals surface area contributed by atoms with Crippen LogP contribution in [0.5, 0.6) is 5.75 Å². The van der Waals surface area contributed by atoms with Crippen LogP contribution in [0.4, 0.5) is 0 Å². The first-order chi connectivity index (χ1) is 7.59. The zero-order valence-electron chi connectivity index (χ0n) is 9.34. The number of aliphatic hydroxyl groups is 1. The number of nitrogens with two attached hydrogens (primary N) is 1. The molecule has 1 saturated carbocycles. The number of phenolic OH excluding ortho intramolecular Hbond substituents is 1. The van der Waals surface area contributed by atoms with Gasteiger partial charge in [-0.25, -0.2) is 0 Å². The van der Waals surface area contributed by atoms with Gasteiger partial charge in [-0.15, -0.1) is 12.4 Å². The first kappa shape index (κ1) is 14.6. The number of benzene rings is 1. The molecule has 4 N–H and O–H groups in total. The topological polar surface area (TPSA) is 66.5 Å². The van der Waals surface area contributed by atoms with Gasteiger partial charge in [0.1, 0.15) is 5.75 Å². The van der Waals surface area contributed by atoms with Crippen LogP contribution >= 0.6 is 24.0 Å². The molecule has 1 fully saturated rings. The lowest BCUT2D eigenvalue weighted by molar-refractivity contribution is 0.0413. The fraction of sp³-hybridized carbons (Fsp3) is 0.500. The number of rotatable bonds is 3. The Kier molecular flexibility index (Phi) is 5.07. The van der Waals surface area contributed by atoms with Gasteiger partial charge in [0.05, 0.1) is 17.2 Å².